The smallest absolute Gasteiger partial charge is 0.188 e. The fraction of sp³-hybridized carbons (Fsp3) is 0.857. The second-order valence-corrected chi connectivity index (χ2v) is 2.37. The summed E-state index contributed by atoms with van der Waals surface area (Å²) in [4.78, 5) is 10.7. The number of Topliss-reactive ketones (excluding diaryl/α,β-unsaturated/α-hetero) is 1. The van der Waals surface area contributed by atoms with Crippen LogP contribution in [0, 0.1) is 0 Å². The van der Waals surface area contributed by atoms with E-state index >= 15 is 0 Å². The molecule has 0 bridgehead atoms. The van der Waals surface area contributed by atoms with Crippen molar-refractivity contribution in [3.8, 4) is 0 Å². The molecule has 4 heteroatoms. The molecular weight excluding hydrogens is 146 g/mol. The first-order valence-corrected chi connectivity index (χ1v) is 3.66. The van der Waals surface area contributed by atoms with E-state index in [4.69, 9.17) is 5.11 Å². The Balaban J connectivity index is 3.97. The lowest BCUT2D eigenvalue weighted by Gasteiger charge is -2.18. The molecule has 66 valence electrons. The van der Waals surface area contributed by atoms with Gasteiger partial charge in [0, 0.05) is 6.04 Å². The Morgan fingerprint density at radius 3 is 2.45 bits per heavy atom. The Labute approximate surface area is 66.2 Å². The van der Waals surface area contributed by atoms with Crippen LogP contribution in [0.15, 0.2) is 0 Å². The molecule has 0 amide bonds. The predicted octanol–water partition coefficient (Wildman–Crippen LogP) is -1.09. The Hall–Kier alpha value is -0.450. The van der Waals surface area contributed by atoms with Gasteiger partial charge in [-0.25, -0.2) is 0 Å². The second kappa shape index (κ2) is 5.23. The summed E-state index contributed by atoms with van der Waals surface area (Å²) in [6.07, 6.45) is -0.432. The Morgan fingerprint density at radius 1 is 1.64 bits per heavy atom. The van der Waals surface area contributed by atoms with E-state index in [2.05, 4.69) is 5.32 Å². The van der Waals surface area contributed by atoms with Gasteiger partial charge in [0.2, 0.25) is 0 Å². The van der Waals surface area contributed by atoms with Gasteiger partial charge in [-0.2, -0.15) is 0 Å². The summed E-state index contributed by atoms with van der Waals surface area (Å²) >= 11 is 0. The molecule has 0 rings (SSSR count). The van der Waals surface area contributed by atoms with E-state index in [0.29, 0.717) is 6.42 Å². The molecule has 2 unspecified atom stereocenters. The summed E-state index contributed by atoms with van der Waals surface area (Å²) in [5.74, 6) is -0.536. The van der Waals surface area contributed by atoms with Gasteiger partial charge in [0.15, 0.2) is 5.78 Å². The van der Waals surface area contributed by atoms with Crippen LogP contribution in [0.5, 0.6) is 0 Å². The number of carbonyl (C=O) groups is 1. The highest BCUT2D eigenvalue weighted by Gasteiger charge is 2.21. The number of hydrogen-bond acceptors (Lipinski definition) is 4. The van der Waals surface area contributed by atoms with Crippen molar-refractivity contribution >= 4 is 5.78 Å². The molecule has 0 aromatic carbocycles. The first-order chi connectivity index (χ1) is 5.17. The Morgan fingerprint density at radius 2 is 2.18 bits per heavy atom. The number of nitrogens with one attached hydrogen (secondary N) is 1. The molecule has 0 radical (unpaired) electrons. The molecule has 0 saturated heterocycles. The lowest BCUT2D eigenvalue weighted by Crippen LogP contribution is -2.43. The molecule has 0 fully saturated rings. The third kappa shape index (κ3) is 2.96. The standard InChI is InChI=1S/C7H15NO3/c1-3-5(8-2)7(11)6(10)4-9/h5,7-9,11H,3-4H2,1-2H3. The average Bonchev–Trinajstić information content (AvgIpc) is 2.05. The van der Waals surface area contributed by atoms with Crippen molar-refractivity contribution in [3.05, 3.63) is 0 Å². The topological polar surface area (TPSA) is 69.6 Å². The quantitative estimate of drug-likeness (QED) is 0.479. The van der Waals surface area contributed by atoms with E-state index in [-0.39, 0.29) is 6.04 Å². The van der Waals surface area contributed by atoms with Crippen molar-refractivity contribution < 1.29 is 15.0 Å². The average molecular weight is 161 g/mol. The maximum atomic E-state index is 10.7. The van der Waals surface area contributed by atoms with Crippen molar-refractivity contribution in [2.75, 3.05) is 13.7 Å². The van der Waals surface area contributed by atoms with E-state index in [1.165, 1.54) is 0 Å². The van der Waals surface area contributed by atoms with Crippen LogP contribution in [0.3, 0.4) is 0 Å². The number of aliphatic hydroxyl groups is 2. The maximum Gasteiger partial charge on any atom is 0.188 e. The van der Waals surface area contributed by atoms with Crippen LogP contribution in [-0.4, -0.2) is 41.8 Å². The van der Waals surface area contributed by atoms with Crippen LogP contribution in [-0.2, 0) is 4.79 Å². The summed E-state index contributed by atoms with van der Waals surface area (Å²) in [6, 6.07) is -0.255. The van der Waals surface area contributed by atoms with Gasteiger partial charge in [-0.15, -0.1) is 0 Å². The number of carbonyl (C=O) groups excluding carboxylic acids is 1. The van der Waals surface area contributed by atoms with Crippen LogP contribution in [0.4, 0.5) is 0 Å². The number of rotatable bonds is 5. The highest BCUT2D eigenvalue weighted by Crippen LogP contribution is 1.98. The lowest BCUT2D eigenvalue weighted by molar-refractivity contribution is -0.131. The molecule has 0 aromatic heterocycles. The largest absolute Gasteiger partial charge is 0.388 e. The van der Waals surface area contributed by atoms with E-state index in [9.17, 15) is 9.90 Å². The third-order valence-corrected chi connectivity index (χ3v) is 1.68. The van der Waals surface area contributed by atoms with Gasteiger partial charge in [-0.05, 0) is 13.5 Å². The van der Waals surface area contributed by atoms with Gasteiger partial charge in [0.25, 0.3) is 0 Å². The molecule has 0 spiro atoms. The van der Waals surface area contributed by atoms with Crippen molar-refractivity contribution in [3.63, 3.8) is 0 Å². The predicted molar refractivity (Wildman–Crippen MR) is 41.2 cm³/mol. The summed E-state index contributed by atoms with van der Waals surface area (Å²) < 4.78 is 0. The van der Waals surface area contributed by atoms with Crippen LogP contribution < -0.4 is 5.32 Å². The fourth-order valence-electron chi connectivity index (χ4n) is 0.903. The first kappa shape index (κ1) is 10.6. The minimum atomic E-state index is -1.09. The number of ketones is 1. The third-order valence-electron chi connectivity index (χ3n) is 1.68. The molecule has 2 atom stereocenters. The zero-order valence-corrected chi connectivity index (χ0v) is 6.87. The molecule has 3 N–H and O–H groups in total. The molecule has 0 aliphatic carbocycles. The zero-order valence-electron chi connectivity index (χ0n) is 6.87. The monoisotopic (exact) mass is 161 g/mol. The number of aliphatic hydroxyl groups excluding tert-OH is 2. The van der Waals surface area contributed by atoms with Gasteiger partial charge < -0.3 is 15.5 Å². The minimum absolute atomic E-state index is 0.255. The molecule has 0 aromatic rings. The van der Waals surface area contributed by atoms with E-state index in [1.807, 2.05) is 6.92 Å². The van der Waals surface area contributed by atoms with Gasteiger partial charge in [-0.1, -0.05) is 6.92 Å². The molecule has 4 nitrogen and oxygen atoms in total. The maximum absolute atomic E-state index is 10.7. The van der Waals surface area contributed by atoms with Crippen molar-refractivity contribution in [2.24, 2.45) is 0 Å². The van der Waals surface area contributed by atoms with E-state index in [1.54, 1.807) is 7.05 Å². The minimum Gasteiger partial charge on any atom is -0.388 e. The highest BCUT2D eigenvalue weighted by atomic mass is 16.3. The number of hydrogen-bond donors (Lipinski definition) is 3. The molecule has 0 heterocycles. The van der Waals surface area contributed by atoms with Gasteiger partial charge in [-0.3, -0.25) is 4.79 Å². The molecule has 0 aliphatic heterocycles. The molecule has 11 heavy (non-hydrogen) atoms. The zero-order chi connectivity index (χ0) is 8.85. The van der Waals surface area contributed by atoms with Crippen molar-refractivity contribution in [1.29, 1.82) is 0 Å². The van der Waals surface area contributed by atoms with Crippen LogP contribution in [0.1, 0.15) is 13.3 Å². The van der Waals surface area contributed by atoms with Gasteiger partial charge in [0.1, 0.15) is 12.7 Å². The molecular formula is C7H15NO3. The lowest BCUT2D eigenvalue weighted by atomic mass is 10.1. The number of likely N-dealkylation sites (N-methyl/N-ethyl adjacent to an activating group) is 1. The SMILES string of the molecule is CCC(NC)C(O)C(=O)CO. The summed E-state index contributed by atoms with van der Waals surface area (Å²) in [6.45, 7) is 1.26. The Bertz CT molecular complexity index is 123. The molecule has 0 saturated carbocycles. The van der Waals surface area contributed by atoms with Crippen molar-refractivity contribution in [2.45, 2.75) is 25.5 Å². The highest BCUT2D eigenvalue weighted by molar-refractivity contribution is 5.84. The van der Waals surface area contributed by atoms with Gasteiger partial charge in [0.05, 0.1) is 0 Å². The summed E-state index contributed by atoms with van der Waals surface area (Å²) in [5.41, 5.74) is 0. The second-order valence-electron chi connectivity index (χ2n) is 2.37. The van der Waals surface area contributed by atoms with Crippen molar-refractivity contribution in [1.82, 2.24) is 5.32 Å². The fourth-order valence-corrected chi connectivity index (χ4v) is 0.903. The first-order valence-electron chi connectivity index (χ1n) is 3.66. The van der Waals surface area contributed by atoms with Crippen LogP contribution >= 0.6 is 0 Å². The summed E-state index contributed by atoms with van der Waals surface area (Å²) in [5, 5.41) is 20.4. The normalized spacial score (nSPS) is 16.0. The summed E-state index contributed by atoms with van der Waals surface area (Å²) in [7, 11) is 1.67. The van der Waals surface area contributed by atoms with Crippen LogP contribution in [0.25, 0.3) is 0 Å². The van der Waals surface area contributed by atoms with E-state index < -0.39 is 18.5 Å². The Kier molecular flexibility index (Phi) is 5.02. The van der Waals surface area contributed by atoms with Gasteiger partial charge >= 0.3 is 0 Å². The van der Waals surface area contributed by atoms with E-state index in [0.717, 1.165) is 0 Å². The van der Waals surface area contributed by atoms with Crippen LogP contribution in [0.2, 0.25) is 0 Å². The molecule has 0 aliphatic rings.